The highest BCUT2D eigenvalue weighted by Gasteiger charge is 2.14. The van der Waals surface area contributed by atoms with Crippen LogP contribution < -0.4 is 14.8 Å². The van der Waals surface area contributed by atoms with Gasteiger partial charge in [-0.2, -0.15) is 0 Å². The largest absolute Gasteiger partial charge is 0.505 e. The van der Waals surface area contributed by atoms with E-state index in [0.29, 0.717) is 31.2 Å². The molecular formula is C19H22FN3O3. The Labute approximate surface area is 151 Å². The fraction of sp³-hybridized carbons (Fsp3) is 0.316. The molecule has 0 aliphatic carbocycles. The zero-order valence-corrected chi connectivity index (χ0v) is 14.8. The highest BCUT2D eigenvalue weighted by molar-refractivity contribution is 5.79. The summed E-state index contributed by atoms with van der Waals surface area (Å²) >= 11 is 0. The fourth-order valence-corrected chi connectivity index (χ4v) is 2.67. The third-order valence-corrected chi connectivity index (χ3v) is 3.98. The molecule has 3 rings (SSSR count). The van der Waals surface area contributed by atoms with Crippen molar-refractivity contribution in [1.82, 2.24) is 10.2 Å². The molecule has 0 amide bonds. The lowest BCUT2D eigenvalue weighted by molar-refractivity contribution is 0.174. The summed E-state index contributed by atoms with van der Waals surface area (Å²) in [5.74, 6) is 1.21. The summed E-state index contributed by atoms with van der Waals surface area (Å²) in [7, 11) is 1.93. The number of benzene rings is 2. The van der Waals surface area contributed by atoms with Gasteiger partial charge in [-0.05, 0) is 42.3 Å². The quantitative estimate of drug-likeness (QED) is 0.635. The van der Waals surface area contributed by atoms with Crippen LogP contribution in [-0.4, -0.2) is 36.4 Å². The molecule has 0 saturated carbocycles. The van der Waals surface area contributed by atoms with Crippen LogP contribution in [0.2, 0.25) is 0 Å². The van der Waals surface area contributed by atoms with Crippen LogP contribution in [0.1, 0.15) is 18.1 Å². The van der Waals surface area contributed by atoms with E-state index in [4.69, 9.17) is 9.47 Å². The summed E-state index contributed by atoms with van der Waals surface area (Å²) in [6, 6.07) is 10.1. The van der Waals surface area contributed by atoms with Crippen LogP contribution in [0, 0.1) is 5.82 Å². The summed E-state index contributed by atoms with van der Waals surface area (Å²) < 4.78 is 24.2. The van der Waals surface area contributed by atoms with Gasteiger partial charge in [0.15, 0.2) is 29.0 Å². The Kier molecular flexibility index (Phi) is 5.46. The third kappa shape index (κ3) is 4.17. The normalized spacial score (nSPS) is 13.0. The first-order valence-corrected chi connectivity index (χ1v) is 8.42. The number of phenolic OH excluding ortho intramolecular Hbond substituents is 1. The smallest absolute Gasteiger partial charge is 0.231 e. The minimum atomic E-state index is -0.642. The molecule has 0 radical (unpaired) electrons. The van der Waals surface area contributed by atoms with Crippen molar-refractivity contribution in [1.29, 1.82) is 0 Å². The number of rotatable bonds is 5. The number of ether oxygens (including phenoxy) is 2. The number of phenols is 1. The van der Waals surface area contributed by atoms with E-state index in [1.807, 2.05) is 37.1 Å². The zero-order chi connectivity index (χ0) is 18.5. The number of aromatic hydroxyl groups is 1. The van der Waals surface area contributed by atoms with Gasteiger partial charge in [-0.15, -0.1) is 0 Å². The molecule has 0 aromatic heterocycles. The van der Waals surface area contributed by atoms with Crippen molar-refractivity contribution in [2.45, 2.75) is 20.0 Å². The first kappa shape index (κ1) is 17.8. The van der Waals surface area contributed by atoms with Gasteiger partial charge in [0.05, 0.1) is 6.54 Å². The van der Waals surface area contributed by atoms with E-state index in [-0.39, 0.29) is 12.5 Å². The minimum Gasteiger partial charge on any atom is -0.505 e. The molecule has 1 heterocycles. The summed E-state index contributed by atoms with van der Waals surface area (Å²) in [4.78, 5) is 6.53. The van der Waals surface area contributed by atoms with Crippen LogP contribution in [-0.2, 0) is 13.1 Å². The molecule has 0 fully saturated rings. The molecule has 1 aliphatic heterocycles. The number of hydrogen-bond donors (Lipinski definition) is 2. The van der Waals surface area contributed by atoms with E-state index in [2.05, 4.69) is 10.3 Å². The molecule has 26 heavy (non-hydrogen) atoms. The molecular weight excluding hydrogens is 337 g/mol. The van der Waals surface area contributed by atoms with Crippen molar-refractivity contribution >= 4 is 5.96 Å². The molecule has 2 aromatic rings. The molecule has 6 nitrogen and oxygen atoms in total. The lowest BCUT2D eigenvalue weighted by Gasteiger charge is -2.22. The van der Waals surface area contributed by atoms with Crippen LogP contribution in [0.5, 0.6) is 17.2 Å². The molecule has 0 unspecified atom stereocenters. The number of halogens is 1. The van der Waals surface area contributed by atoms with Gasteiger partial charge in [-0.1, -0.05) is 12.1 Å². The second kappa shape index (κ2) is 7.95. The predicted molar refractivity (Wildman–Crippen MR) is 96.9 cm³/mol. The maximum Gasteiger partial charge on any atom is 0.231 e. The highest BCUT2D eigenvalue weighted by Crippen LogP contribution is 2.32. The maximum absolute atomic E-state index is 13.5. The third-order valence-electron chi connectivity index (χ3n) is 3.98. The van der Waals surface area contributed by atoms with E-state index in [0.717, 1.165) is 17.1 Å². The van der Waals surface area contributed by atoms with Gasteiger partial charge in [0, 0.05) is 20.1 Å². The molecule has 0 atom stereocenters. The van der Waals surface area contributed by atoms with Crippen LogP contribution in [0.15, 0.2) is 41.4 Å². The average Bonchev–Trinajstić information content (AvgIpc) is 3.09. The van der Waals surface area contributed by atoms with Crippen LogP contribution in [0.4, 0.5) is 4.39 Å². The fourth-order valence-electron chi connectivity index (χ4n) is 2.67. The molecule has 7 heteroatoms. The van der Waals surface area contributed by atoms with E-state index >= 15 is 0 Å². The van der Waals surface area contributed by atoms with Gasteiger partial charge in [-0.25, -0.2) is 9.38 Å². The molecule has 138 valence electrons. The first-order chi connectivity index (χ1) is 12.6. The standard InChI is InChI=1S/C19H22FN3O3/c1-3-21-19(22-10-13-4-6-16(24)15(20)8-13)23(2)11-14-5-7-17-18(9-14)26-12-25-17/h4-9,24H,3,10-12H2,1-2H3,(H,21,22). The van der Waals surface area contributed by atoms with Gasteiger partial charge >= 0.3 is 0 Å². The van der Waals surface area contributed by atoms with E-state index in [9.17, 15) is 9.50 Å². The summed E-state index contributed by atoms with van der Waals surface area (Å²) in [6.07, 6.45) is 0. The van der Waals surface area contributed by atoms with E-state index < -0.39 is 5.82 Å². The van der Waals surface area contributed by atoms with Crippen LogP contribution >= 0.6 is 0 Å². The van der Waals surface area contributed by atoms with Crippen molar-refractivity contribution in [3.8, 4) is 17.2 Å². The molecule has 0 spiro atoms. The van der Waals surface area contributed by atoms with Crippen molar-refractivity contribution in [3.63, 3.8) is 0 Å². The topological polar surface area (TPSA) is 66.3 Å². The van der Waals surface area contributed by atoms with Crippen molar-refractivity contribution in [3.05, 3.63) is 53.3 Å². The Balaban J connectivity index is 1.70. The number of nitrogens with one attached hydrogen (secondary N) is 1. The van der Waals surface area contributed by atoms with Crippen LogP contribution in [0.3, 0.4) is 0 Å². The van der Waals surface area contributed by atoms with Crippen molar-refractivity contribution < 1.29 is 19.0 Å². The molecule has 2 N–H and O–H groups in total. The average molecular weight is 359 g/mol. The molecule has 1 aliphatic rings. The molecule has 0 saturated heterocycles. The van der Waals surface area contributed by atoms with E-state index in [1.54, 1.807) is 6.07 Å². The van der Waals surface area contributed by atoms with Gasteiger partial charge in [0.1, 0.15) is 0 Å². The Morgan fingerprint density at radius 2 is 1.96 bits per heavy atom. The molecule has 0 bridgehead atoms. The lowest BCUT2D eigenvalue weighted by Crippen LogP contribution is -2.38. The highest BCUT2D eigenvalue weighted by atomic mass is 19.1. The van der Waals surface area contributed by atoms with E-state index in [1.165, 1.54) is 12.1 Å². The lowest BCUT2D eigenvalue weighted by atomic mass is 10.2. The monoisotopic (exact) mass is 359 g/mol. The second-order valence-corrected chi connectivity index (χ2v) is 6.00. The van der Waals surface area contributed by atoms with Gasteiger partial charge in [0.2, 0.25) is 6.79 Å². The van der Waals surface area contributed by atoms with Gasteiger partial charge in [0.25, 0.3) is 0 Å². The number of nitrogens with zero attached hydrogens (tertiary/aromatic N) is 2. The number of aliphatic imine (C=N–C) groups is 1. The summed E-state index contributed by atoms with van der Waals surface area (Å²) in [5, 5.41) is 12.5. The molecule has 2 aromatic carbocycles. The SMILES string of the molecule is CCNC(=NCc1ccc(O)c(F)c1)N(C)Cc1ccc2c(c1)OCO2. The minimum absolute atomic E-state index is 0.252. The predicted octanol–water partition coefficient (Wildman–Crippen LogP) is 2.86. The summed E-state index contributed by atoms with van der Waals surface area (Å²) in [5.41, 5.74) is 1.75. The number of fused-ring (bicyclic) bond motifs is 1. The Bertz CT molecular complexity index is 811. The Hall–Kier alpha value is -2.96. The number of hydrogen-bond acceptors (Lipinski definition) is 4. The second-order valence-electron chi connectivity index (χ2n) is 6.00. The van der Waals surface area contributed by atoms with Gasteiger partial charge < -0.3 is 24.8 Å². The first-order valence-electron chi connectivity index (χ1n) is 8.42. The Morgan fingerprint density at radius 3 is 2.73 bits per heavy atom. The summed E-state index contributed by atoms with van der Waals surface area (Å²) in [6.45, 7) is 3.90. The zero-order valence-electron chi connectivity index (χ0n) is 14.8. The maximum atomic E-state index is 13.5. The number of guanidine groups is 1. The van der Waals surface area contributed by atoms with Crippen LogP contribution in [0.25, 0.3) is 0 Å². The van der Waals surface area contributed by atoms with Crippen molar-refractivity contribution in [2.75, 3.05) is 20.4 Å². The Morgan fingerprint density at radius 1 is 1.19 bits per heavy atom. The van der Waals surface area contributed by atoms with Gasteiger partial charge in [-0.3, -0.25) is 0 Å². The van der Waals surface area contributed by atoms with Crippen molar-refractivity contribution in [2.24, 2.45) is 4.99 Å².